The van der Waals surface area contributed by atoms with Crippen LogP contribution < -0.4 is 4.90 Å². The Balaban J connectivity index is 1.54. The number of amides is 2. The van der Waals surface area contributed by atoms with Crippen LogP contribution in [0.1, 0.15) is 37.4 Å². The van der Waals surface area contributed by atoms with Crippen LogP contribution in [0.25, 0.3) is 10.8 Å². The van der Waals surface area contributed by atoms with Gasteiger partial charge in [-0.3, -0.25) is 9.59 Å². The number of hydrogen-bond acceptors (Lipinski definition) is 4. The molecule has 1 heterocycles. The molecular formula is C23H19N3O2. The number of hydrogen-bond donors (Lipinski definition) is 0. The first-order valence-corrected chi connectivity index (χ1v) is 9.32. The van der Waals surface area contributed by atoms with Gasteiger partial charge < -0.3 is 4.90 Å². The van der Waals surface area contributed by atoms with Crippen molar-refractivity contribution in [3.8, 4) is 0 Å². The van der Waals surface area contributed by atoms with Crippen molar-refractivity contribution in [3.63, 3.8) is 0 Å². The summed E-state index contributed by atoms with van der Waals surface area (Å²) in [5, 5.41) is 7.09. The third-order valence-corrected chi connectivity index (χ3v) is 5.57. The lowest BCUT2D eigenvalue weighted by atomic mass is 9.92. The molecule has 1 aliphatic carbocycles. The maximum Gasteiger partial charge on any atom is 0.282 e. The molecule has 0 atom stereocenters. The Morgan fingerprint density at radius 2 is 1.39 bits per heavy atom. The van der Waals surface area contributed by atoms with Gasteiger partial charge in [-0.15, -0.1) is 0 Å². The molecule has 0 saturated carbocycles. The number of hydrazone groups is 1. The van der Waals surface area contributed by atoms with Crippen LogP contribution >= 0.6 is 0 Å². The molecule has 2 amide bonds. The number of anilines is 1. The van der Waals surface area contributed by atoms with Crippen molar-refractivity contribution < 1.29 is 9.59 Å². The summed E-state index contributed by atoms with van der Waals surface area (Å²) in [6.07, 6.45) is 3.48. The van der Waals surface area contributed by atoms with E-state index in [9.17, 15) is 9.59 Å². The third kappa shape index (κ3) is 2.36. The zero-order chi connectivity index (χ0) is 19.4. The van der Waals surface area contributed by atoms with E-state index in [0.29, 0.717) is 11.1 Å². The van der Waals surface area contributed by atoms with E-state index >= 15 is 0 Å². The van der Waals surface area contributed by atoms with Gasteiger partial charge in [-0.05, 0) is 59.2 Å². The molecule has 0 aromatic heterocycles. The summed E-state index contributed by atoms with van der Waals surface area (Å²) in [5.41, 5.74) is 5.43. The molecule has 5 nitrogen and oxygen atoms in total. The van der Waals surface area contributed by atoms with Crippen LogP contribution in [0.3, 0.4) is 0 Å². The van der Waals surface area contributed by atoms with Gasteiger partial charge in [-0.2, -0.15) is 10.1 Å². The molecule has 2 aliphatic rings. The van der Waals surface area contributed by atoms with E-state index in [1.54, 1.807) is 6.21 Å². The van der Waals surface area contributed by atoms with E-state index in [-0.39, 0.29) is 11.8 Å². The molecule has 0 unspecified atom stereocenters. The van der Waals surface area contributed by atoms with Crippen molar-refractivity contribution in [2.75, 3.05) is 19.0 Å². The SMILES string of the molecule is CN(C)c1ccc(/C=N/N2C(=O)c3ccc4c5c(ccc(c35)C2=O)CC4)cc1. The van der Waals surface area contributed by atoms with Gasteiger partial charge in [-0.25, -0.2) is 0 Å². The molecule has 0 bridgehead atoms. The topological polar surface area (TPSA) is 53.0 Å². The van der Waals surface area contributed by atoms with E-state index in [1.165, 1.54) is 11.1 Å². The minimum atomic E-state index is -0.366. The second-order valence-electron chi connectivity index (χ2n) is 7.45. The molecular weight excluding hydrogens is 350 g/mol. The molecule has 5 heteroatoms. The van der Waals surface area contributed by atoms with Crippen molar-refractivity contribution in [1.29, 1.82) is 0 Å². The predicted molar refractivity (Wildman–Crippen MR) is 110 cm³/mol. The van der Waals surface area contributed by atoms with Crippen LogP contribution in [-0.2, 0) is 12.8 Å². The summed E-state index contributed by atoms with van der Waals surface area (Å²) >= 11 is 0. The van der Waals surface area contributed by atoms with Crippen molar-refractivity contribution in [1.82, 2.24) is 5.01 Å². The third-order valence-electron chi connectivity index (χ3n) is 5.57. The van der Waals surface area contributed by atoms with Crippen molar-refractivity contribution in [3.05, 3.63) is 76.3 Å². The van der Waals surface area contributed by atoms with Crippen molar-refractivity contribution >= 4 is 34.5 Å². The largest absolute Gasteiger partial charge is 0.378 e. The highest BCUT2D eigenvalue weighted by Crippen LogP contribution is 2.38. The maximum absolute atomic E-state index is 13.0. The zero-order valence-electron chi connectivity index (χ0n) is 15.8. The molecule has 0 radical (unpaired) electrons. The number of benzene rings is 3. The lowest BCUT2D eigenvalue weighted by Crippen LogP contribution is -2.36. The summed E-state index contributed by atoms with van der Waals surface area (Å²) < 4.78 is 0. The molecule has 3 aromatic carbocycles. The van der Waals surface area contributed by atoms with Crippen LogP contribution in [-0.4, -0.2) is 37.1 Å². The molecule has 138 valence electrons. The van der Waals surface area contributed by atoms with E-state index < -0.39 is 0 Å². The van der Waals surface area contributed by atoms with Gasteiger partial charge in [0.1, 0.15) is 0 Å². The number of nitrogens with zero attached hydrogens (tertiary/aromatic N) is 3. The quantitative estimate of drug-likeness (QED) is 0.523. The Hall–Kier alpha value is -3.47. The summed E-state index contributed by atoms with van der Waals surface area (Å²) in [4.78, 5) is 28.0. The zero-order valence-corrected chi connectivity index (χ0v) is 15.8. The fourth-order valence-corrected chi connectivity index (χ4v) is 4.09. The minimum Gasteiger partial charge on any atom is -0.378 e. The molecule has 3 aromatic rings. The molecule has 0 fully saturated rings. The fourth-order valence-electron chi connectivity index (χ4n) is 4.09. The number of imide groups is 1. The van der Waals surface area contributed by atoms with Crippen LogP contribution in [0.2, 0.25) is 0 Å². The van der Waals surface area contributed by atoms with Crippen LogP contribution in [0.15, 0.2) is 53.6 Å². The summed E-state index contributed by atoms with van der Waals surface area (Å²) in [6, 6.07) is 15.4. The predicted octanol–water partition coefficient (Wildman–Crippen LogP) is 3.63. The second kappa shape index (κ2) is 6.02. The number of carbonyl (C=O) groups excluding carboxylic acids is 2. The van der Waals surface area contributed by atoms with Gasteiger partial charge in [0.15, 0.2) is 0 Å². The standard InChI is InChI=1S/C23H19N3O2/c1-25(2)17-9-3-14(4-10-17)13-24-26-22(27)18-11-7-15-5-6-16-8-12-19(23(26)28)21(18)20(15)16/h3-4,7-13H,5-6H2,1-2H3/b24-13+. The van der Waals surface area contributed by atoms with E-state index in [4.69, 9.17) is 0 Å². The molecule has 1 aliphatic heterocycles. The Labute approximate surface area is 162 Å². The van der Waals surface area contributed by atoms with Gasteiger partial charge in [0.05, 0.1) is 17.3 Å². The van der Waals surface area contributed by atoms with E-state index in [1.807, 2.05) is 67.5 Å². The van der Waals surface area contributed by atoms with Crippen LogP contribution in [0.4, 0.5) is 5.69 Å². The first-order valence-electron chi connectivity index (χ1n) is 9.32. The van der Waals surface area contributed by atoms with Gasteiger partial charge in [0.2, 0.25) is 0 Å². The Bertz CT molecular complexity index is 1120. The molecule has 0 N–H and O–H groups in total. The second-order valence-corrected chi connectivity index (χ2v) is 7.45. The van der Waals surface area contributed by atoms with Gasteiger partial charge in [0.25, 0.3) is 11.8 Å². The smallest absolute Gasteiger partial charge is 0.282 e. The van der Waals surface area contributed by atoms with E-state index in [0.717, 1.165) is 39.9 Å². The average molecular weight is 369 g/mol. The monoisotopic (exact) mass is 369 g/mol. The van der Waals surface area contributed by atoms with Crippen LogP contribution in [0, 0.1) is 0 Å². The van der Waals surface area contributed by atoms with Crippen molar-refractivity contribution in [2.24, 2.45) is 5.10 Å². The van der Waals surface area contributed by atoms with Crippen molar-refractivity contribution in [2.45, 2.75) is 12.8 Å². The first-order chi connectivity index (χ1) is 13.5. The highest BCUT2D eigenvalue weighted by atomic mass is 16.2. The number of carbonyl (C=O) groups is 2. The van der Waals surface area contributed by atoms with E-state index in [2.05, 4.69) is 5.10 Å². The Morgan fingerprint density at radius 1 is 0.821 bits per heavy atom. The van der Waals surface area contributed by atoms with Crippen LogP contribution in [0.5, 0.6) is 0 Å². The minimum absolute atomic E-state index is 0.366. The lowest BCUT2D eigenvalue weighted by Gasteiger charge is -2.23. The Kier molecular flexibility index (Phi) is 3.59. The molecule has 0 spiro atoms. The normalized spacial score (nSPS) is 15.1. The van der Waals surface area contributed by atoms with Gasteiger partial charge in [0, 0.05) is 25.2 Å². The molecule has 28 heavy (non-hydrogen) atoms. The maximum atomic E-state index is 13.0. The van der Waals surface area contributed by atoms with Gasteiger partial charge >= 0.3 is 0 Å². The summed E-state index contributed by atoms with van der Waals surface area (Å²) in [7, 11) is 3.94. The average Bonchev–Trinajstić information content (AvgIpc) is 3.13. The first kappa shape index (κ1) is 16.7. The summed E-state index contributed by atoms with van der Waals surface area (Å²) in [6.45, 7) is 0. The number of rotatable bonds is 3. The molecule has 5 rings (SSSR count). The highest BCUT2D eigenvalue weighted by Gasteiger charge is 2.34. The fraction of sp³-hybridized carbons (Fsp3) is 0.174. The summed E-state index contributed by atoms with van der Waals surface area (Å²) in [5.74, 6) is -0.733. The lowest BCUT2D eigenvalue weighted by molar-refractivity contribution is 0.0616. The number of aryl methyl sites for hydroxylation is 2. The molecule has 0 saturated heterocycles. The highest BCUT2D eigenvalue weighted by molar-refractivity contribution is 6.26. The Morgan fingerprint density at radius 3 is 1.93 bits per heavy atom. The van der Waals surface area contributed by atoms with Gasteiger partial charge in [-0.1, -0.05) is 24.3 Å².